The second kappa shape index (κ2) is 5.21. The maximum Gasteiger partial charge on any atom is 0.0386 e. The van der Waals surface area contributed by atoms with Crippen molar-refractivity contribution in [3.63, 3.8) is 0 Å². The summed E-state index contributed by atoms with van der Waals surface area (Å²) in [6.07, 6.45) is 6.78. The first-order chi connectivity index (χ1) is 8.83. The summed E-state index contributed by atoms with van der Waals surface area (Å²) in [5.41, 5.74) is 2.70. The molecule has 2 atom stereocenters. The zero-order valence-corrected chi connectivity index (χ0v) is 11.4. The molecule has 18 heavy (non-hydrogen) atoms. The quantitative estimate of drug-likeness (QED) is 0.868. The van der Waals surface area contributed by atoms with Crippen LogP contribution in [0.15, 0.2) is 24.3 Å². The fraction of sp³-hybridized carbons (Fsp3) is 0.625. The predicted octanol–water partition coefficient (Wildman–Crippen LogP) is 3.89. The Morgan fingerprint density at radius 3 is 2.67 bits per heavy atom. The summed E-state index contributed by atoms with van der Waals surface area (Å²) < 4.78 is 0. The summed E-state index contributed by atoms with van der Waals surface area (Å²) >= 11 is 0. The average Bonchev–Trinajstić information content (AvgIpc) is 3.02. The lowest BCUT2D eigenvalue weighted by Crippen LogP contribution is -2.22. The largest absolute Gasteiger partial charge is 0.382 e. The number of anilines is 2. The van der Waals surface area contributed by atoms with Gasteiger partial charge in [0.15, 0.2) is 0 Å². The van der Waals surface area contributed by atoms with E-state index in [4.69, 9.17) is 0 Å². The lowest BCUT2D eigenvalue weighted by atomic mass is 10.1. The Labute approximate surface area is 110 Å². The number of rotatable bonds is 3. The summed E-state index contributed by atoms with van der Waals surface area (Å²) in [6, 6.07) is 9.66. The molecule has 1 heterocycles. The van der Waals surface area contributed by atoms with Crippen LogP contribution in [-0.2, 0) is 0 Å². The second-order valence-electron chi connectivity index (χ2n) is 5.90. The minimum atomic E-state index is 0.679. The van der Waals surface area contributed by atoms with E-state index >= 15 is 0 Å². The maximum atomic E-state index is 3.73. The van der Waals surface area contributed by atoms with Crippen molar-refractivity contribution in [1.29, 1.82) is 0 Å². The molecule has 1 aromatic carbocycles. The first-order valence-electron chi connectivity index (χ1n) is 7.44. The van der Waals surface area contributed by atoms with Crippen molar-refractivity contribution in [1.82, 2.24) is 0 Å². The van der Waals surface area contributed by atoms with Gasteiger partial charge in [0, 0.05) is 30.5 Å². The molecule has 0 amide bonds. The summed E-state index contributed by atoms with van der Waals surface area (Å²) in [4.78, 5) is 2.50. The van der Waals surface area contributed by atoms with E-state index in [1.54, 1.807) is 0 Å². The minimum Gasteiger partial charge on any atom is -0.382 e. The van der Waals surface area contributed by atoms with Crippen LogP contribution in [0.2, 0.25) is 0 Å². The van der Waals surface area contributed by atoms with Gasteiger partial charge in [0.1, 0.15) is 0 Å². The Bertz CT molecular complexity index is 396. The van der Waals surface area contributed by atoms with E-state index in [0.717, 1.165) is 5.92 Å². The van der Waals surface area contributed by atoms with E-state index in [1.165, 1.54) is 56.6 Å². The minimum absolute atomic E-state index is 0.679. The Balaban J connectivity index is 1.70. The first kappa shape index (κ1) is 11.9. The SMILES string of the molecule is CC1CCCC1Nc1cccc(N2CCCC2)c1. The van der Waals surface area contributed by atoms with Crippen LogP contribution >= 0.6 is 0 Å². The number of hydrogen-bond donors (Lipinski definition) is 1. The molecule has 2 unspecified atom stereocenters. The molecule has 0 aromatic heterocycles. The maximum absolute atomic E-state index is 3.73. The molecule has 1 saturated carbocycles. The zero-order chi connectivity index (χ0) is 12.4. The van der Waals surface area contributed by atoms with Gasteiger partial charge in [-0.05, 0) is 49.8 Å². The predicted molar refractivity (Wildman–Crippen MR) is 78.3 cm³/mol. The molecule has 2 heteroatoms. The normalized spacial score (nSPS) is 27.7. The monoisotopic (exact) mass is 244 g/mol. The van der Waals surface area contributed by atoms with E-state index in [2.05, 4.69) is 41.4 Å². The summed E-state index contributed by atoms with van der Waals surface area (Å²) in [5.74, 6) is 0.820. The summed E-state index contributed by atoms with van der Waals surface area (Å²) in [7, 11) is 0. The smallest absolute Gasteiger partial charge is 0.0386 e. The van der Waals surface area contributed by atoms with E-state index in [1.807, 2.05) is 0 Å². The van der Waals surface area contributed by atoms with Gasteiger partial charge in [-0.2, -0.15) is 0 Å². The molecule has 3 rings (SSSR count). The number of nitrogens with one attached hydrogen (secondary N) is 1. The molecule has 2 aliphatic rings. The zero-order valence-electron chi connectivity index (χ0n) is 11.4. The van der Waals surface area contributed by atoms with E-state index in [9.17, 15) is 0 Å². The van der Waals surface area contributed by atoms with Gasteiger partial charge in [-0.25, -0.2) is 0 Å². The van der Waals surface area contributed by atoms with Crippen molar-refractivity contribution in [2.45, 2.75) is 45.1 Å². The molecule has 1 aliphatic heterocycles. The molecule has 1 aromatic rings. The Hall–Kier alpha value is -1.18. The van der Waals surface area contributed by atoms with Gasteiger partial charge in [-0.3, -0.25) is 0 Å². The highest BCUT2D eigenvalue weighted by Gasteiger charge is 2.23. The molecule has 1 N–H and O–H groups in total. The fourth-order valence-corrected chi connectivity index (χ4v) is 3.34. The lowest BCUT2D eigenvalue weighted by molar-refractivity contribution is 0.556. The molecular formula is C16H24N2. The van der Waals surface area contributed by atoms with Crippen LogP contribution in [0, 0.1) is 5.92 Å². The third-order valence-corrected chi connectivity index (χ3v) is 4.53. The molecule has 98 valence electrons. The van der Waals surface area contributed by atoms with Gasteiger partial charge in [0.2, 0.25) is 0 Å². The molecule has 2 fully saturated rings. The van der Waals surface area contributed by atoms with Gasteiger partial charge >= 0.3 is 0 Å². The second-order valence-corrected chi connectivity index (χ2v) is 5.90. The molecule has 1 saturated heterocycles. The third kappa shape index (κ3) is 2.47. The van der Waals surface area contributed by atoms with Crippen LogP contribution in [0.3, 0.4) is 0 Å². The van der Waals surface area contributed by atoms with Gasteiger partial charge in [-0.1, -0.05) is 19.4 Å². The molecule has 0 spiro atoms. The Morgan fingerprint density at radius 1 is 1.11 bits per heavy atom. The standard InChI is InChI=1S/C16H24N2/c1-13-6-4-9-16(13)17-14-7-5-8-15(12-14)18-10-2-3-11-18/h5,7-8,12-13,16-17H,2-4,6,9-11H2,1H3. The molecule has 1 aliphatic carbocycles. The highest BCUT2D eigenvalue weighted by Crippen LogP contribution is 2.29. The van der Waals surface area contributed by atoms with Crippen LogP contribution in [0.5, 0.6) is 0 Å². The summed E-state index contributed by atoms with van der Waals surface area (Å²) in [5, 5.41) is 3.73. The van der Waals surface area contributed by atoms with Crippen molar-refractivity contribution in [3.8, 4) is 0 Å². The average molecular weight is 244 g/mol. The van der Waals surface area contributed by atoms with Gasteiger partial charge < -0.3 is 10.2 Å². The molecule has 0 bridgehead atoms. The molecule has 0 radical (unpaired) electrons. The molecule has 2 nitrogen and oxygen atoms in total. The topological polar surface area (TPSA) is 15.3 Å². The Kier molecular flexibility index (Phi) is 3.44. The van der Waals surface area contributed by atoms with Crippen LogP contribution in [0.25, 0.3) is 0 Å². The van der Waals surface area contributed by atoms with Crippen LogP contribution < -0.4 is 10.2 Å². The van der Waals surface area contributed by atoms with Crippen molar-refractivity contribution >= 4 is 11.4 Å². The lowest BCUT2D eigenvalue weighted by Gasteiger charge is -2.22. The molecular weight excluding hydrogens is 220 g/mol. The van der Waals surface area contributed by atoms with E-state index < -0.39 is 0 Å². The van der Waals surface area contributed by atoms with Crippen molar-refractivity contribution in [2.75, 3.05) is 23.3 Å². The van der Waals surface area contributed by atoms with E-state index in [-0.39, 0.29) is 0 Å². The van der Waals surface area contributed by atoms with Gasteiger partial charge in [-0.15, -0.1) is 0 Å². The highest BCUT2D eigenvalue weighted by molar-refractivity contribution is 5.58. The highest BCUT2D eigenvalue weighted by atomic mass is 15.1. The van der Waals surface area contributed by atoms with Crippen molar-refractivity contribution < 1.29 is 0 Å². The van der Waals surface area contributed by atoms with Crippen LogP contribution in [0.1, 0.15) is 39.0 Å². The number of hydrogen-bond acceptors (Lipinski definition) is 2. The van der Waals surface area contributed by atoms with Crippen LogP contribution in [-0.4, -0.2) is 19.1 Å². The van der Waals surface area contributed by atoms with Crippen LogP contribution in [0.4, 0.5) is 11.4 Å². The van der Waals surface area contributed by atoms with Gasteiger partial charge in [0.25, 0.3) is 0 Å². The first-order valence-corrected chi connectivity index (χ1v) is 7.44. The number of nitrogens with zero attached hydrogens (tertiary/aromatic N) is 1. The third-order valence-electron chi connectivity index (χ3n) is 4.53. The van der Waals surface area contributed by atoms with Crippen molar-refractivity contribution in [2.24, 2.45) is 5.92 Å². The number of benzene rings is 1. The van der Waals surface area contributed by atoms with Crippen molar-refractivity contribution in [3.05, 3.63) is 24.3 Å². The fourth-order valence-electron chi connectivity index (χ4n) is 3.34. The van der Waals surface area contributed by atoms with Gasteiger partial charge in [0.05, 0.1) is 0 Å². The summed E-state index contributed by atoms with van der Waals surface area (Å²) in [6.45, 7) is 4.82. The van der Waals surface area contributed by atoms with E-state index in [0.29, 0.717) is 6.04 Å². The Morgan fingerprint density at radius 2 is 1.94 bits per heavy atom.